The standard InChI is InChI=1S/C18H18F3N3O3S/c1-28-11-12-2-4-13(5-3-12)17(25)23-9-8-22-15-7-6-14(18(19,20)21)10-16(15)24(26)27/h2-7,10,22H,8-9,11H2,1H3,(H,23,25). The Kier molecular flexibility index (Phi) is 7.27. The summed E-state index contributed by atoms with van der Waals surface area (Å²) in [6, 6.07) is 9.38. The van der Waals surface area contributed by atoms with Crippen LogP contribution in [0.25, 0.3) is 0 Å². The van der Waals surface area contributed by atoms with E-state index in [2.05, 4.69) is 10.6 Å². The summed E-state index contributed by atoms with van der Waals surface area (Å²) in [6.07, 6.45) is -2.68. The smallest absolute Gasteiger partial charge is 0.378 e. The second-order valence-corrected chi connectivity index (χ2v) is 6.67. The molecule has 0 aliphatic carbocycles. The number of nitrogens with one attached hydrogen (secondary N) is 2. The molecule has 0 bridgehead atoms. The molecule has 0 spiro atoms. The first-order chi connectivity index (χ1) is 13.2. The lowest BCUT2D eigenvalue weighted by Crippen LogP contribution is -2.28. The van der Waals surface area contributed by atoms with Gasteiger partial charge < -0.3 is 10.6 Å². The molecule has 0 aromatic heterocycles. The number of hydrogen-bond donors (Lipinski definition) is 2. The molecule has 0 saturated heterocycles. The molecule has 0 aliphatic heterocycles. The number of carbonyl (C=O) groups is 1. The van der Waals surface area contributed by atoms with Gasteiger partial charge in [-0.1, -0.05) is 12.1 Å². The zero-order chi connectivity index (χ0) is 20.7. The van der Waals surface area contributed by atoms with E-state index < -0.39 is 22.4 Å². The zero-order valence-electron chi connectivity index (χ0n) is 14.9. The van der Waals surface area contributed by atoms with Crippen LogP contribution in [0.3, 0.4) is 0 Å². The first-order valence-corrected chi connectivity index (χ1v) is 9.57. The van der Waals surface area contributed by atoms with E-state index in [1.54, 1.807) is 23.9 Å². The molecule has 0 atom stereocenters. The molecule has 2 aromatic carbocycles. The largest absolute Gasteiger partial charge is 0.416 e. The summed E-state index contributed by atoms with van der Waals surface area (Å²) in [4.78, 5) is 22.2. The highest BCUT2D eigenvalue weighted by Gasteiger charge is 2.32. The minimum Gasteiger partial charge on any atom is -0.378 e. The number of hydrogen-bond acceptors (Lipinski definition) is 5. The Balaban J connectivity index is 1.92. The quantitative estimate of drug-likeness (QED) is 0.383. The molecular formula is C18H18F3N3O3S. The summed E-state index contributed by atoms with van der Waals surface area (Å²) in [5.74, 6) is 0.539. The molecule has 10 heteroatoms. The van der Waals surface area contributed by atoms with E-state index in [-0.39, 0.29) is 24.7 Å². The second kappa shape index (κ2) is 9.45. The van der Waals surface area contributed by atoms with Crippen LogP contribution in [0.15, 0.2) is 42.5 Å². The highest BCUT2D eigenvalue weighted by molar-refractivity contribution is 7.97. The summed E-state index contributed by atoms with van der Waals surface area (Å²) in [7, 11) is 0. The molecule has 0 fully saturated rings. The number of rotatable bonds is 8. The normalized spacial score (nSPS) is 11.1. The van der Waals surface area contributed by atoms with Crippen molar-refractivity contribution in [1.82, 2.24) is 5.32 Å². The fraction of sp³-hybridized carbons (Fsp3) is 0.278. The average Bonchev–Trinajstić information content (AvgIpc) is 2.65. The summed E-state index contributed by atoms with van der Waals surface area (Å²) in [5.41, 5.74) is -0.243. The Hall–Kier alpha value is -2.75. The molecule has 28 heavy (non-hydrogen) atoms. The van der Waals surface area contributed by atoms with Crippen LogP contribution in [0.5, 0.6) is 0 Å². The van der Waals surface area contributed by atoms with Gasteiger partial charge in [0.1, 0.15) is 5.69 Å². The van der Waals surface area contributed by atoms with Gasteiger partial charge in [0.25, 0.3) is 11.6 Å². The van der Waals surface area contributed by atoms with Gasteiger partial charge in [0.2, 0.25) is 0 Å². The summed E-state index contributed by atoms with van der Waals surface area (Å²) >= 11 is 1.67. The number of nitro groups is 1. The molecule has 2 aromatic rings. The van der Waals surface area contributed by atoms with Crippen LogP contribution in [-0.4, -0.2) is 30.2 Å². The van der Waals surface area contributed by atoms with E-state index in [0.717, 1.165) is 23.4 Å². The molecule has 2 N–H and O–H groups in total. The number of alkyl halides is 3. The van der Waals surface area contributed by atoms with E-state index >= 15 is 0 Å². The maximum Gasteiger partial charge on any atom is 0.416 e. The number of benzene rings is 2. The van der Waals surface area contributed by atoms with Crippen LogP contribution in [0.4, 0.5) is 24.5 Å². The average molecular weight is 413 g/mol. The third kappa shape index (κ3) is 5.88. The van der Waals surface area contributed by atoms with E-state index in [0.29, 0.717) is 11.6 Å². The summed E-state index contributed by atoms with van der Waals surface area (Å²) in [5, 5.41) is 16.4. The van der Waals surface area contributed by atoms with Crippen LogP contribution >= 0.6 is 11.8 Å². The van der Waals surface area contributed by atoms with Gasteiger partial charge in [-0.15, -0.1) is 0 Å². The van der Waals surface area contributed by atoms with Gasteiger partial charge in [-0.2, -0.15) is 24.9 Å². The highest BCUT2D eigenvalue weighted by Crippen LogP contribution is 2.34. The molecule has 0 aliphatic rings. The molecule has 0 heterocycles. The maximum absolute atomic E-state index is 12.7. The van der Waals surface area contributed by atoms with Crippen LogP contribution < -0.4 is 10.6 Å². The highest BCUT2D eigenvalue weighted by atomic mass is 32.2. The van der Waals surface area contributed by atoms with E-state index in [1.165, 1.54) is 0 Å². The van der Waals surface area contributed by atoms with Crippen molar-refractivity contribution in [2.75, 3.05) is 24.7 Å². The third-order valence-electron chi connectivity index (χ3n) is 3.77. The van der Waals surface area contributed by atoms with Crippen molar-refractivity contribution in [2.24, 2.45) is 0 Å². The topological polar surface area (TPSA) is 84.3 Å². The van der Waals surface area contributed by atoms with E-state index in [1.807, 2.05) is 18.4 Å². The van der Waals surface area contributed by atoms with Crippen LogP contribution in [0.1, 0.15) is 21.5 Å². The Labute approximate surface area is 163 Å². The fourth-order valence-corrected chi connectivity index (χ4v) is 2.93. The predicted molar refractivity (Wildman–Crippen MR) is 103 cm³/mol. The first-order valence-electron chi connectivity index (χ1n) is 8.18. The molecular weight excluding hydrogens is 395 g/mol. The SMILES string of the molecule is CSCc1ccc(C(=O)NCCNc2ccc(C(F)(F)F)cc2[N+](=O)[O-])cc1. The second-order valence-electron chi connectivity index (χ2n) is 5.80. The van der Waals surface area contributed by atoms with Crippen molar-refractivity contribution in [3.63, 3.8) is 0 Å². The van der Waals surface area contributed by atoms with Crippen molar-refractivity contribution in [3.8, 4) is 0 Å². The van der Waals surface area contributed by atoms with Crippen molar-refractivity contribution < 1.29 is 22.9 Å². The van der Waals surface area contributed by atoms with Crippen LogP contribution in [0.2, 0.25) is 0 Å². The Morgan fingerprint density at radius 1 is 1.14 bits per heavy atom. The van der Waals surface area contributed by atoms with Crippen molar-refractivity contribution >= 4 is 29.0 Å². The monoisotopic (exact) mass is 413 g/mol. The summed E-state index contributed by atoms with van der Waals surface area (Å²) in [6.45, 7) is 0.256. The van der Waals surface area contributed by atoms with E-state index in [9.17, 15) is 28.1 Å². The number of nitrogens with zero attached hydrogens (tertiary/aromatic N) is 1. The number of thioether (sulfide) groups is 1. The van der Waals surface area contributed by atoms with Gasteiger partial charge in [0.15, 0.2) is 0 Å². The van der Waals surface area contributed by atoms with Crippen LogP contribution in [0, 0.1) is 10.1 Å². The first kappa shape index (κ1) is 21.5. The molecule has 0 radical (unpaired) electrons. The Bertz CT molecular complexity index is 842. The molecule has 1 amide bonds. The predicted octanol–water partition coefficient (Wildman–Crippen LogP) is 4.32. The van der Waals surface area contributed by atoms with Crippen molar-refractivity contribution in [1.29, 1.82) is 0 Å². The van der Waals surface area contributed by atoms with Gasteiger partial charge in [0.05, 0.1) is 10.5 Å². The minimum atomic E-state index is -4.66. The maximum atomic E-state index is 12.7. The fourth-order valence-electron chi connectivity index (χ4n) is 2.40. The molecule has 0 unspecified atom stereocenters. The molecule has 6 nitrogen and oxygen atoms in total. The zero-order valence-corrected chi connectivity index (χ0v) is 15.7. The van der Waals surface area contributed by atoms with Gasteiger partial charge in [-0.3, -0.25) is 14.9 Å². The number of carbonyl (C=O) groups excluding carboxylic acids is 1. The minimum absolute atomic E-state index is 0.0475. The lowest BCUT2D eigenvalue weighted by Gasteiger charge is -2.11. The van der Waals surface area contributed by atoms with Crippen molar-refractivity contribution in [2.45, 2.75) is 11.9 Å². The van der Waals surface area contributed by atoms with Gasteiger partial charge in [-0.05, 0) is 36.1 Å². The van der Waals surface area contributed by atoms with E-state index in [4.69, 9.17) is 0 Å². The molecule has 150 valence electrons. The summed E-state index contributed by atoms with van der Waals surface area (Å²) < 4.78 is 38.1. The number of anilines is 1. The van der Waals surface area contributed by atoms with Gasteiger partial charge in [0, 0.05) is 30.5 Å². The lowest BCUT2D eigenvalue weighted by atomic mass is 10.1. The molecule has 0 saturated carbocycles. The van der Waals surface area contributed by atoms with Crippen LogP contribution in [-0.2, 0) is 11.9 Å². The number of nitro benzene ring substituents is 1. The number of amides is 1. The van der Waals surface area contributed by atoms with Gasteiger partial charge >= 0.3 is 6.18 Å². The molecule has 2 rings (SSSR count). The Morgan fingerprint density at radius 3 is 2.39 bits per heavy atom. The third-order valence-corrected chi connectivity index (χ3v) is 4.40. The number of halogens is 3. The van der Waals surface area contributed by atoms with Crippen molar-refractivity contribution in [3.05, 3.63) is 69.3 Å². The lowest BCUT2D eigenvalue weighted by molar-refractivity contribution is -0.384. The Morgan fingerprint density at radius 2 is 1.82 bits per heavy atom. The van der Waals surface area contributed by atoms with Gasteiger partial charge in [-0.25, -0.2) is 0 Å².